The van der Waals surface area contributed by atoms with Crippen LogP contribution in [0.2, 0.25) is 0 Å². The first-order valence-electron chi connectivity index (χ1n) is 5.82. The number of rotatable bonds is 6. The van der Waals surface area contributed by atoms with Gasteiger partial charge in [0.1, 0.15) is 0 Å². The van der Waals surface area contributed by atoms with E-state index in [0.717, 1.165) is 24.9 Å². The third kappa shape index (κ3) is 3.90. The lowest BCUT2D eigenvalue weighted by atomic mass is 10.1. The van der Waals surface area contributed by atoms with Gasteiger partial charge in [0.2, 0.25) is 0 Å². The first kappa shape index (κ1) is 12.0. The first-order chi connectivity index (χ1) is 7.13. The molecule has 0 aliphatic rings. The van der Waals surface area contributed by atoms with E-state index in [0.29, 0.717) is 12.3 Å². The van der Waals surface area contributed by atoms with Crippen LogP contribution in [-0.2, 0) is 6.54 Å². The molecule has 0 bridgehead atoms. The highest BCUT2D eigenvalue weighted by Crippen LogP contribution is 2.09. The zero-order valence-electron chi connectivity index (χ0n) is 9.99. The van der Waals surface area contributed by atoms with E-state index < -0.39 is 0 Å². The van der Waals surface area contributed by atoms with Crippen LogP contribution in [0.1, 0.15) is 50.4 Å². The Hall–Kier alpha value is -1.05. The van der Waals surface area contributed by atoms with Gasteiger partial charge in [0.25, 0.3) is 0 Å². The fourth-order valence-electron chi connectivity index (χ4n) is 1.52. The molecule has 1 heterocycles. The summed E-state index contributed by atoms with van der Waals surface area (Å²) < 4.78 is 2.11. The van der Waals surface area contributed by atoms with Crippen LogP contribution in [0.15, 0.2) is 18.5 Å². The normalized spacial score (nSPS) is 10.9. The average molecular weight is 207 g/mol. The molecule has 0 saturated carbocycles. The van der Waals surface area contributed by atoms with E-state index in [4.69, 9.17) is 0 Å². The molecule has 84 valence electrons. The number of ketones is 1. The Morgan fingerprint density at radius 1 is 1.47 bits per heavy atom. The SMILES string of the molecule is CCCC(=O)c1ccn(CCC(C)C)c1. The van der Waals surface area contributed by atoms with E-state index in [9.17, 15) is 4.79 Å². The van der Waals surface area contributed by atoms with Crippen LogP contribution >= 0.6 is 0 Å². The molecule has 2 nitrogen and oxygen atoms in total. The summed E-state index contributed by atoms with van der Waals surface area (Å²) in [6.45, 7) is 7.48. The van der Waals surface area contributed by atoms with Crippen molar-refractivity contribution < 1.29 is 4.79 Å². The molecule has 0 atom stereocenters. The predicted molar refractivity (Wildman–Crippen MR) is 63.1 cm³/mol. The number of carbonyl (C=O) groups excluding carboxylic acids is 1. The molecule has 0 N–H and O–H groups in total. The number of hydrogen-bond donors (Lipinski definition) is 0. The molecule has 15 heavy (non-hydrogen) atoms. The van der Waals surface area contributed by atoms with Crippen molar-refractivity contribution in [2.45, 2.75) is 46.6 Å². The average Bonchev–Trinajstić information content (AvgIpc) is 2.63. The second-order valence-electron chi connectivity index (χ2n) is 4.49. The highest BCUT2D eigenvalue weighted by Gasteiger charge is 2.06. The molecule has 0 saturated heterocycles. The van der Waals surface area contributed by atoms with Crippen LogP contribution in [0.5, 0.6) is 0 Å². The lowest BCUT2D eigenvalue weighted by molar-refractivity contribution is 0.0981. The molecule has 0 radical (unpaired) electrons. The van der Waals surface area contributed by atoms with Crippen LogP contribution in [0.4, 0.5) is 0 Å². The molecule has 0 unspecified atom stereocenters. The van der Waals surface area contributed by atoms with E-state index >= 15 is 0 Å². The van der Waals surface area contributed by atoms with E-state index in [1.807, 2.05) is 25.4 Å². The van der Waals surface area contributed by atoms with Crippen molar-refractivity contribution in [2.75, 3.05) is 0 Å². The molecular formula is C13H21NO. The van der Waals surface area contributed by atoms with Crippen LogP contribution in [0.25, 0.3) is 0 Å². The van der Waals surface area contributed by atoms with Crippen molar-refractivity contribution in [2.24, 2.45) is 5.92 Å². The highest BCUT2D eigenvalue weighted by molar-refractivity contribution is 5.95. The minimum atomic E-state index is 0.265. The van der Waals surface area contributed by atoms with Gasteiger partial charge >= 0.3 is 0 Å². The topological polar surface area (TPSA) is 22.0 Å². The fourth-order valence-corrected chi connectivity index (χ4v) is 1.52. The molecule has 1 rings (SSSR count). The van der Waals surface area contributed by atoms with Gasteiger partial charge in [-0.3, -0.25) is 4.79 Å². The third-order valence-corrected chi connectivity index (χ3v) is 2.51. The molecule has 2 heteroatoms. The van der Waals surface area contributed by atoms with Crippen molar-refractivity contribution in [1.29, 1.82) is 0 Å². The standard InChI is InChI=1S/C13H21NO/c1-4-5-13(15)12-7-9-14(10-12)8-6-11(2)3/h7,9-11H,4-6,8H2,1-3H3. The Labute approximate surface area is 92.3 Å². The van der Waals surface area contributed by atoms with Gasteiger partial charge in [-0.15, -0.1) is 0 Å². The lowest BCUT2D eigenvalue weighted by Gasteiger charge is -2.05. The number of aromatic nitrogens is 1. The van der Waals surface area contributed by atoms with Gasteiger partial charge in [0.05, 0.1) is 0 Å². The zero-order chi connectivity index (χ0) is 11.3. The van der Waals surface area contributed by atoms with Crippen molar-refractivity contribution in [1.82, 2.24) is 4.57 Å². The van der Waals surface area contributed by atoms with E-state index in [1.165, 1.54) is 0 Å². The predicted octanol–water partition coefficient (Wildman–Crippen LogP) is 3.52. The number of aryl methyl sites for hydroxylation is 1. The Kier molecular flexibility index (Phi) is 4.60. The second kappa shape index (κ2) is 5.74. The zero-order valence-corrected chi connectivity index (χ0v) is 9.99. The van der Waals surface area contributed by atoms with Gasteiger partial charge in [0.15, 0.2) is 5.78 Å². The van der Waals surface area contributed by atoms with Crippen molar-refractivity contribution in [3.05, 3.63) is 24.0 Å². The molecule has 1 aromatic rings. The molecule has 1 aromatic heterocycles. The largest absolute Gasteiger partial charge is 0.353 e. The molecular weight excluding hydrogens is 186 g/mol. The maximum absolute atomic E-state index is 11.6. The second-order valence-corrected chi connectivity index (χ2v) is 4.49. The van der Waals surface area contributed by atoms with E-state index in [2.05, 4.69) is 18.4 Å². The van der Waals surface area contributed by atoms with Crippen LogP contribution in [-0.4, -0.2) is 10.4 Å². The monoisotopic (exact) mass is 207 g/mol. The van der Waals surface area contributed by atoms with E-state index in [1.54, 1.807) is 0 Å². The summed E-state index contributed by atoms with van der Waals surface area (Å²) >= 11 is 0. The number of carbonyl (C=O) groups is 1. The van der Waals surface area contributed by atoms with Crippen LogP contribution in [0.3, 0.4) is 0 Å². The summed E-state index contributed by atoms with van der Waals surface area (Å²) in [6.07, 6.45) is 6.73. The summed E-state index contributed by atoms with van der Waals surface area (Å²) in [5.74, 6) is 0.975. The molecule has 0 spiro atoms. The quantitative estimate of drug-likeness (QED) is 0.654. The van der Waals surface area contributed by atoms with Gasteiger partial charge < -0.3 is 4.57 Å². The molecule has 0 aromatic carbocycles. The molecule has 0 amide bonds. The summed E-state index contributed by atoms with van der Waals surface area (Å²) in [5.41, 5.74) is 0.862. The van der Waals surface area contributed by atoms with E-state index in [-0.39, 0.29) is 5.78 Å². The number of hydrogen-bond acceptors (Lipinski definition) is 1. The summed E-state index contributed by atoms with van der Waals surface area (Å²) in [6, 6.07) is 1.93. The van der Waals surface area contributed by atoms with Crippen molar-refractivity contribution in [3.63, 3.8) is 0 Å². The smallest absolute Gasteiger partial charge is 0.164 e. The van der Waals surface area contributed by atoms with Gasteiger partial charge in [-0.25, -0.2) is 0 Å². The Bertz CT molecular complexity index is 312. The number of nitrogens with zero attached hydrogens (tertiary/aromatic N) is 1. The maximum Gasteiger partial charge on any atom is 0.164 e. The van der Waals surface area contributed by atoms with Crippen molar-refractivity contribution in [3.8, 4) is 0 Å². The summed E-state index contributed by atoms with van der Waals surface area (Å²) in [4.78, 5) is 11.6. The summed E-state index contributed by atoms with van der Waals surface area (Å²) in [7, 11) is 0. The lowest BCUT2D eigenvalue weighted by Crippen LogP contribution is -2.00. The Balaban J connectivity index is 2.52. The highest BCUT2D eigenvalue weighted by atomic mass is 16.1. The third-order valence-electron chi connectivity index (χ3n) is 2.51. The van der Waals surface area contributed by atoms with Gasteiger partial charge in [-0.2, -0.15) is 0 Å². The maximum atomic E-state index is 11.6. The van der Waals surface area contributed by atoms with Gasteiger partial charge in [-0.1, -0.05) is 20.8 Å². The van der Waals surface area contributed by atoms with Gasteiger partial charge in [-0.05, 0) is 24.8 Å². The molecule has 0 fully saturated rings. The molecule has 0 aliphatic heterocycles. The van der Waals surface area contributed by atoms with Crippen LogP contribution in [0, 0.1) is 5.92 Å². The first-order valence-corrected chi connectivity index (χ1v) is 5.82. The minimum Gasteiger partial charge on any atom is -0.353 e. The Morgan fingerprint density at radius 2 is 2.20 bits per heavy atom. The Morgan fingerprint density at radius 3 is 2.80 bits per heavy atom. The van der Waals surface area contributed by atoms with Crippen LogP contribution < -0.4 is 0 Å². The minimum absolute atomic E-state index is 0.265. The summed E-state index contributed by atoms with van der Waals surface area (Å²) in [5, 5.41) is 0. The fraction of sp³-hybridized carbons (Fsp3) is 0.615. The number of Topliss-reactive ketones (excluding diaryl/α,β-unsaturated/α-hetero) is 1. The van der Waals surface area contributed by atoms with Crippen molar-refractivity contribution >= 4 is 5.78 Å². The van der Waals surface area contributed by atoms with Gasteiger partial charge in [0, 0.05) is 30.9 Å². The molecule has 0 aliphatic carbocycles.